The number of benzene rings is 1. The molecule has 1 aliphatic rings. The van der Waals surface area contributed by atoms with Crippen LogP contribution >= 0.6 is 0 Å². The van der Waals surface area contributed by atoms with Crippen molar-refractivity contribution < 1.29 is 14.6 Å². The van der Waals surface area contributed by atoms with E-state index in [1.807, 2.05) is 12.1 Å². The summed E-state index contributed by atoms with van der Waals surface area (Å²) in [7, 11) is 0. The molecule has 1 heterocycles. The Morgan fingerprint density at radius 3 is 3.00 bits per heavy atom. The Labute approximate surface area is 105 Å². The summed E-state index contributed by atoms with van der Waals surface area (Å²) in [5.74, 6) is 1.75. The molecule has 4 heteroatoms. The Morgan fingerprint density at radius 2 is 2.17 bits per heavy atom. The number of fused-ring (bicyclic) bond motifs is 1. The van der Waals surface area contributed by atoms with E-state index in [1.54, 1.807) is 12.1 Å². The van der Waals surface area contributed by atoms with Crippen LogP contribution in [0.2, 0.25) is 0 Å². The number of aryl methyl sites for hydroxylation is 1. The highest BCUT2D eigenvalue weighted by Gasteiger charge is 2.22. The zero-order valence-electron chi connectivity index (χ0n) is 9.97. The Kier molecular flexibility index (Phi) is 2.80. The lowest BCUT2D eigenvalue weighted by Gasteiger charge is -2.13. The van der Waals surface area contributed by atoms with E-state index in [1.165, 1.54) is 0 Å². The summed E-state index contributed by atoms with van der Waals surface area (Å²) >= 11 is 0. The molecule has 1 atom stereocenters. The molecule has 1 aliphatic carbocycles. The van der Waals surface area contributed by atoms with Crippen LogP contribution in [0, 0.1) is 0 Å². The summed E-state index contributed by atoms with van der Waals surface area (Å²) < 4.78 is 5.68. The molecule has 2 aromatic rings. The van der Waals surface area contributed by atoms with Crippen LogP contribution in [-0.4, -0.2) is 21.3 Å². The van der Waals surface area contributed by atoms with Crippen molar-refractivity contribution in [3.63, 3.8) is 0 Å². The maximum absolute atomic E-state index is 9.71. The normalized spacial score (nSPS) is 18.6. The number of hydrogen-bond donors (Lipinski definition) is 2. The molecule has 0 saturated carbocycles. The second kappa shape index (κ2) is 4.46. The molecule has 1 unspecified atom stereocenters. The molecule has 0 spiro atoms. The van der Waals surface area contributed by atoms with Crippen LogP contribution in [0.3, 0.4) is 0 Å². The van der Waals surface area contributed by atoms with Crippen LogP contribution in [0.15, 0.2) is 28.7 Å². The zero-order chi connectivity index (χ0) is 12.5. The maximum atomic E-state index is 9.71. The summed E-state index contributed by atoms with van der Waals surface area (Å²) in [6, 6.07) is 7.17. The summed E-state index contributed by atoms with van der Waals surface area (Å²) in [4.78, 5) is 4.40. The molecule has 2 N–H and O–H groups in total. The monoisotopic (exact) mass is 245 g/mol. The molecule has 3 rings (SSSR count). The van der Waals surface area contributed by atoms with Crippen molar-refractivity contribution in [3.05, 3.63) is 47.2 Å². The van der Waals surface area contributed by atoms with Gasteiger partial charge in [-0.2, -0.15) is 0 Å². The highest BCUT2D eigenvalue weighted by molar-refractivity contribution is 5.34. The minimum atomic E-state index is -0.305. The van der Waals surface area contributed by atoms with Gasteiger partial charge in [0.2, 0.25) is 0 Å². The SMILES string of the molecule is Oc1ccccc1Cc1nc2c(o1)CCC(O)C2. The maximum Gasteiger partial charge on any atom is 0.199 e. The van der Waals surface area contributed by atoms with Crippen LogP contribution in [0.4, 0.5) is 0 Å². The molecule has 0 radical (unpaired) electrons. The van der Waals surface area contributed by atoms with Crippen molar-refractivity contribution in [1.82, 2.24) is 4.98 Å². The van der Waals surface area contributed by atoms with Crippen molar-refractivity contribution in [1.29, 1.82) is 0 Å². The van der Waals surface area contributed by atoms with Crippen molar-refractivity contribution in [2.45, 2.75) is 31.8 Å². The first-order chi connectivity index (χ1) is 8.72. The van der Waals surface area contributed by atoms with Crippen molar-refractivity contribution in [2.75, 3.05) is 0 Å². The van der Waals surface area contributed by atoms with Gasteiger partial charge in [0.05, 0.1) is 18.2 Å². The molecule has 0 aliphatic heterocycles. The van der Waals surface area contributed by atoms with E-state index in [4.69, 9.17) is 4.42 Å². The lowest BCUT2D eigenvalue weighted by atomic mass is 9.99. The van der Waals surface area contributed by atoms with Crippen LogP contribution in [0.1, 0.15) is 29.3 Å². The van der Waals surface area contributed by atoms with E-state index in [-0.39, 0.29) is 11.9 Å². The lowest BCUT2D eigenvalue weighted by Crippen LogP contribution is -2.17. The molecule has 0 fully saturated rings. The number of aromatic hydroxyl groups is 1. The first-order valence-corrected chi connectivity index (χ1v) is 6.15. The van der Waals surface area contributed by atoms with Crippen LogP contribution in [0.25, 0.3) is 0 Å². The highest BCUT2D eigenvalue weighted by Crippen LogP contribution is 2.25. The molecule has 0 amide bonds. The molecule has 0 bridgehead atoms. The van der Waals surface area contributed by atoms with E-state index < -0.39 is 0 Å². The Hall–Kier alpha value is -1.81. The molecule has 4 nitrogen and oxygen atoms in total. The van der Waals surface area contributed by atoms with Gasteiger partial charge in [-0.15, -0.1) is 0 Å². The zero-order valence-corrected chi connectivity index (χ0v) is 9.97. The standard InChI is InChI=1S/C14H15NO3/c16-10-5-6-13-11(8-10)15-14(18-13)7-9-3-1-2-4-12(9)17/h1-4,10,16-17H,5-8H2. The van der Waals surface area contributed by atoms with Gasteiger partial charge in [0.25, 0.3) is 0 Å². The summed E-state index contributed by atoms with van der Waals surface area (Å²) in [5, 5.41) is 19.3. The molecule has 1 aromatic carbocycles. The smallest absolute Gasteiger partial charge is 0.199 e. The van der Waals surface area contributed by atoms with Gasteiger partial charge in [-0.3, -0.25) is 0 Å². The second-order valence-electron chi connectivity index (χ2n) is 4.68. The molecular weight excluding hydrogens is 230 g/mol. The van der Waals surface area contributed by atoms with Crippen molar-refractivity contribution in [2.24, 2.45) is 0 Å². The predicted molar refractivity (Wildman–Crippen MR) is 65.4 cm³/mol. The number of oxazole rings is 1. The largest absolute Gasteiger partial charge is 0.508 e. The van der Waals surface area contributed by atoms with E-state index >= 15 is 0 Å². The summed E-state index contributed by atoms with van der Waals surface area (Å²) in [6.07, 6.45) is 2.22. The molecule has 18 heavy (non-hydrogen) atoms. The van der Waals surface area contributed by atoms with Gasteiger partial charge in [-0.1, -0.05) is 18.2 Å². The molecular formula is C14H15NO3. The Morgan fingerprint density at radius 1 is 1.33 bits per heavy atom. The minimum absolute atomic E-state index is 0.258. The quantitative estimate of drug-likeness (QED) is 0.847. The van der Waals surface area contributed by atoms with Crippen molar-refractivity contribution >= 4 is 0 Å². The average Bonchev–Trinajstić information content (AvgIpc) is 2.73. The first-order valence-electron chi connectivity index (χ1n) is 6.15. The molecule has 94 valence electrons. The topological polar surface area (TPSA) is 66.5 Å². The number of hydrogen-bond acceptors (Lipinski definition) is 4. The fraction of sp³-hybridized carbons (Fsp3) is 0.357. The van der Waals surface area contributed by atoms with Gasteiger partial charge < -0.3 is 14.6 Å². The number of aromatic nitrogens is 1. The fourth-order valence-electron chi connectivity index (χ4n) is 2.31. The third-order valence-corrected chi connectivity index (χ3v) is 3.29. The molecule has 1 aromatic heterocycles. The Bertz CT molecular complexity index is 562. The van der Waals surface area contributed by atoms with E-state index in [0.717, 1.165) is 29.9 Å². The van der Waals surface area contributed by atoms with Crippen molar-refractivity contribution in [3.8, 4) is 5.75 Å². The van der Waals surface area contributed by atoms with Gasteiger partial charge in [-0.05, 0) is 12.5 Å². The fourth-order valence-corrected chi connectivity index (χ4v) is 2.31. The van der Waals surface area contributed by atoms with Gasteiger partial charge in [0.1, 0.15) is 11.5 Å². The average molecular weight is 245 g/mol. The second-order valence-corrected chi connectivity index (χ2v) is 4.68. The number of para-hydroxylation sites is 1. The molecule has 0 saturated heterocycles. The summed E-state index contributed by atoms with van der Waals surface area (Å²) in [6.45, 7) is 0. The van der Waals surface area contributed by atoms with Gasteiger partial charge in [0, 0.05) is 18.4 Å². The van der Waals surface area contributed by atoms with Gasteiger partial charge in [0.15, 0.2) is 5.89 Å². The van der Waals surface area contributed by atoms with Crippen LogP contribution in [-0.2, 0) is 19.3 Å². The van der Waals surface area contributed by atoms with E-state index in [0.29, 0.717) is 18.7 Å². The number of nitrogens with zero attached hydrogens (tertiary/aromatic N) is 1. The number of aliphatic hydroxyl groups excluding tert-OH is 1. The van der Waals surface area contributed by atoms with Gasteiger partial charge in [-0.25, -0.2) is 4.98 Å². The van der Waals surface area contributed by atoms with Gasteiger partial charge >= 0.3 is 0 Å². The summed E-state index contributed by atoms with van der Waals surface area (Å²) in [5.41, 5.74) is 1.66. The number of rotatable bonds is 2. The number of phenolic OH excluding ortho intramolecular Hbond substituents is 1. The number of aliphatic hydroxyl groups is 1. The third-order valence-electron chi connectivity index (χ3n) is 3.29. The van der Waals surface area contributed by atoms with Crippen LogP contribution < -0.4 is 0 Å². The predicted octanol–water partition coefficient (Wildman–Crippen LogP) is 1.82. The first kappa shape index (κ1) is 11.3. The number of phenols is 1. The minimum Gasteiger partial charge on any atom is -0.508 e. The third kappa shape index (κ3) is 2.11. The van der Waals surface area contributed by atoms with E-state index in [2.05, 4.69) is 4.98 Å². The van der Waals surface area contributed by atoms with E-state index in [9.17, 15) is 10.2 Å². The lowest BCUT2D eigenvalue weighted by molar-refractivity contribution is 0.153. The highest BCUT2D eigenvalue weighted by atomic mass is 16.4. The van der Waals surface area contributed by atoms with Crippen LogP contribution in [0.5, 0.6) is 5.75 Å². The Balaban J connectivity index is 1.84.